The van der Waals surface area contributed by atoms with E-state index in [2.05, 4.69) is 26.1 Å². The van der Waals surface area contributed by atoms with Crippen LogP contribution in [0.5, 0.6) is 0 Å². The molecule has 0 aliphatic heterocycles. The summed E-state index contributed by atoms with van der Waals surface area (Å²) in [5.41, 5.74) is 6.23. The minimum atomic E-state index is -0.448. The van der Waals surface area contributed by atoms with Crippen molar-refractivity contribution < 1.29 is 9.53 Å². The molecule has 4 heteroatoms. The van der Waals surface area contributed by atoms with Crippen LogP contribution in [0.4, 0.5) is 4.79 Å². The van der Waals surface area contributed by atoms with Crippen LogP contribution < -0.4 is 11.1 Å². The minimum absolute atomic E-state index is 0.120. The van der Waals surface area contributed by atoms with Gasteiger partial charge < -0.3 is 15.8 Å². The molecule has 0 bridgehead atoms. The van der Waals surface area contributed by atoms with Gasteiger partial charge in [0, 0.05) is 17.5 Å². The molecule has 0 saturated heterocycles. The number of carbonyl (C=O) groups excluding carboxylic acids is 1. The van der Waals surface area contributed by atoms with Gasteiger partial charge in [0.1, 0.15) is 5.60 Å². The molecule has 0 heterocycles. The fourth-order valence-electron chi connectivity index (χ4n) is 3.53. The average molecular weight is 282 g/mol. The zero-order valence-electron chi connectivity index (χ0n) is 13.7. The van der Waals surface area contributed by atoms with Crippen molar-refractivity contribution in [1.29, 1.82) is 0 Å². The van der Waals surface area contributed by atoms with Crippen molar-refractivity contribution >= 4 is 6.09 Å². The summed E-state index contributed by atoms with van der Waals surface area (Å²) in [6.07, 6.45) is 2.81. The van der Waals surface area contributed by atoms with Crippen molar-refractivity contribution in [2.45, 2.75) is 78.5 Å². The Morgan fingerprint density at radius 3 is 2.15 bits per heavy atom. The van der Waals surface area contributed by atoms with Gasteiger partial charge in [0.05, 0.1) is 0 Å². The molecule has 2 rings (SSSR count). The molecule has 1 amide bonds. The van der Waals surface area contributed by atoms with Gasteiger partial charge in [-0.1, -0.05) is 20.8 Å². The van der Waals surface area contributed by atoms with Crippen LogP contribution in [0.2, 0.25) is 0 Å². The lowest BCUT2D eigenvalue weighted by atomic mass is 9.43. The second kappa shape index (κ2) is 4.62. The Morgan fingerprint density at radius 2 is 1.75 bits per heavy atom. The standard InChI is InChI=1S/C16H30N2O2/c1-14(2,3)10-8-16(9-10)11(17)7-12(16)18-13(19)20-15(4,5)6/h10-12H,7-9,17H2,1-6H3,(H,18,19). The van der Waals surface area contributed by atoms with Gasteiger partial charge in [-0.25, -0.2) is 4.79 Å². The molecular formula is C16H30N2O2. The van der Waals surface area contributed by atoms with E-state index in [4.69, 9.17) is 10.5 Å². The molecule has 2 saturated carbocycles. The molecule has 20 heavy (non-hydrogen) atoms. The van der Waals surface area contributed by atoms with Gasteiger partial charge >= 0.3 is 6.09 Å². The van der Waals surface area contributed by atoms with E-state index in [9.17, 15) is 4.79 Å². The molecule has 0 radical (unpaired) electrons. The van der Waals surface area contributed by atoms with E-state index in [1.807, 2.05) is 20.8 Å². The third-order valence-electron chi connectivity index (χ3n) is 5.09. The number of alkyl carbamates (subject to hydrolysis) is 1. The van der Waals surface area contributed by atoms with Crippen LogP contribution in [0, 0.1) is 16.7 Å². The fraction of sp³-hybridized carbons (Fsp3) is 0.938. The molecular weight excluding hydrogens is 252 g/mol. The first-order valence-electron chi connectivity index (χ1n) is 7.69. The first-order chi connectivity index (χ1) is 8.94. The maximum Gasteiger partial charge on any atom is 0.407 e. The van der Waals surface area contributed by atoms with Crippen molar-refractivity contribution in [2.75, 3.05) is 0 Å². The highest BCUT2D eigenvalue weighted by Crippen LogP contribution is 2.62. The van der Waals surface area contributed by atoms with Gasteiger partial charge in [0.25, 0.3) is 0 Å². The fourth-order valence-corrected chi connectivity index (χ4v) is 3.53. The molecule has 4 nitrogen and oxygen atoms in total. The van der Waals surface area contributed by atoms with Gasteiger partial charge in [-0.15, -0.1) is 0 Å². The summed E-state index contributed by atoms with van der Waals surface area (Å²) in [7, 11) is 0. The number of hydrogen-bond acceptors (Lipinski definition) is 3. The van der Waals surface area contributed by atoms with E-state index in [0.29, 0.717) is 11.3 Å². The Morgan fingerprint density at radius 1 is 1.20 bits per heavy atom. The first kappa shape index (κ1) is 15.6. The first-order valence-corrected chi connectivity index (χ1v) is 7.69. The van der Waals surface area contributed by atoms with Crippen LogP contribution in [-0.4, -0.2) is 23.8 Å². The van der Waals surface area contributed by atoms with E-state index in [0.717, 1.165) is 19.3 Å². The van der Waals surface area contributed by atoms with E-state index >= 15 is 0 Å². The largest absolute Gasteiger partial charge is 0.444 e. The van der Waals surface area contributed by atoms with Gasteiger partial charge in [-0.3, -0.25) is 0 Å². The zero-order chi connectivity index (χ0) is 15.3. The zero-order valence-corrected chi connectivity index (χ0v) is 13.7. The van der Waals surface area contributed by atoms with E-state index in [1.165, 1.54) is 0 Å². The number of amides is 1. The third-order valence-corrected chi connectivity index (χ3v) is 5.09. The number of nitrogens with two attached hydrogens (primary N) is 1. The summed E-state index contributed by atoms with van der Waals surface area (Å²) in [5.74, 6) is 0.705. The SMILES string of the molecule is CC(C)(C)OC(=O)NC1CC(N)C12CC(C(C)(C)C)C2. The molecule has 0 aromatic rings. The van der Waals surface area contributed by atoms with Gasteiger partial charge in [0.15, 0.2) is 0 Å². The Kier molecular flexibility index (Phi) is 3.61. The monoisotopic (exact) mass is 282 g/mol. The quantitative estimate of drug-likeness (QED) is 0.777. The molecule has 0 aromatic heterocycles. The Labute approximate surface area is 122 Å². The van der Waals surface area contributed by atoms with Crippen molar-refractivity contribution in [3.05, 3.63) is 0 Å². The topological polar surface area (TPSA) is 64.3 Å². The summed E-state index contributed by atoms with van der Waals surface area (Å²) in [6.45, 7) is 12.5. The maximum atomic E-state index is 11.9. The smallest absolute Gasteiger partial charge is 0.407 e. The number of nitrogens with one attached hydrogen (secondary N) is 1. The minimum Gasteiger partial charge on any atom is -0.444 e. The van der Waals surface area contributed by atoms with Crippen molar-refractivity contribution in [1.82, 2.24) is 5.32 Å². The second-order valence-electron chi connectivity index (χ2n) is 8.75. The highest BCUT2D eigenvalue weighted by molar-refractivity contribution is 5.68. The molecule has 2 aliphatic rings. The highest BCUT2D eigenvalue weighted by atomic mass is 16.6. The van der Waals surface area contributed by atoms with Gasteiger partial charge in [-0.05, 0) is 51.4 Å². The molecule has 3 N–H and O–H groups in total. The molecule has 2 aliphatic carbocycles. The van der Waals surface area contributed by atoms with Gasteiger partial charge in [-0.2, -0.15) is 0 Å². The normalized spacial score (nSPS) is 37.0. The van der Waals surface area contributed by atoms with Crippen LogP contribution in [0.15, 0.2) is 0 Å². The van der Waals surface area contributed by atoms with E-state index in [-0.39, 0.29) is 23.6 Å². The Bertz CT molecular complexity index is 386. The number of rotatable bonds is 1. The molecule has 0 aromatic carbocycles. The predicted molar refractivity (Wildman–Crippen MR) is 80.4 cm³/mol. The van der Waals surface area contributed by atoms with Gasteiger partial charge in [0.2, 0.25) is 0 Å². The van der Waals surface area contributed by atoms with E-state index < -0.39 is 5.60 Å². The van der Waals surface area contributed by atoms with Crippen LogP contribution in [0.3, 0.4) is 0 Å². The predicted octanol–water partition coefficient (Wildman–Crippen LogP) is 3.05. The third kappa shape index (κ3) is 2.80. The lowest BCUT2D eigenvalue weighted by molar-refractivity contribution is -0.115. The molecule has 2 atom stereocenters. The number of ether oxygens (including phenoxy) is 1. The molecule has 2 unspecified atom stereocenters. The van der Waals surface area contributed by atoms with Crippen molar-refractivity contribution in [2.24, 2.45) is 22.5 Å². The van der Waals surface area contributed by atoms with Crippen LogP contribution in [-0.2, 0) is 4.74 Å². The lowest BCUT2D eigenvalue weighted by Crippen LogP contribution is -2.72. The molecule has 1 spiro atoms. The van der Waals surface area contributed by atoms with Crippen molar-refractivity contribution in [3.8, 4) is 0 Å². The Balaban J connectivity index is 1.91. The van der Waals surface area contributed by atoms with Crippen LogP contribution >= 0.6 is 0 Å². The lowest BCUT2D eigenvalue weighted by Gasteiger charge is -2.65. The summed E-state index contributed by atoms with van der Waals surface area (Å²) in [6, 6.07) is 0.409. The number of hydrogen-bond donors (Lipinski definition) is 2. The highest BCUT2D eigenvalue weighted by Gasteiger charge is 2.62. The number of carbonyl (C=O) groups is 1. The summed E-state index contributed by atoms with van der Waals surface area (Å²) < 4.78 is 5.34. The second-order valence-corrected chi connectivity index (χ2v) is 8.75. The maximum absolute atomic E-state index is 11.9. The summed E-state index contributed by atoms with van der Waals surface area (Å²) in [4.78, 5) is 11.9. The van der Waals surface area contributed by atoms with E-state index in [1.54, 1.807) is 0 Å². The van der Waals surface area contributed by atoms with Crippen LogP contribution in [0.1, 0.15) is 60.8 Å². The van der Waals surface area contributed by atoms with Crippen molar-refractivity contribution in [3.63, 3.8) is 0 Å². The summed E-state index contributed by atoms with van der Waals surface area (Å²) >= 11 is 0. The van der Waals surface area contributed by atoms with Crippen LogP contribution in [0.25, 0.3) is 0 Å². The summed E-state index contributed by atoms with van der Waals surface area (Å²) in [5, 5.41) is 3.03. The Hall–Kier alpha value is -0.770. The average Bonchev–Trinajstić information content (AvgIpc) is 2.08. The molecule has 116 valence electrons. The molecule has 2 fully saturated rings.